The van der Waals surface area contributed by atoms with Gasteiger partial charge in [-0.05, 0) is 42.6 Å². The topological polar surface area (TPSA) is 75.7 Å². The molecule has 8 heteroatoms. The number of hydrogen-bond acceptors (Lipinski definition) is 6. The van der Waals surface area contributed by atoms with Crippen molar-refractivity contribution in [3.8, 4) is 0 Å². The number of halogens is 1. The van der Waals surface area contributed by atoms with E-state index in [9.17, 15) is 18.8 Å². The molecule has 4 atom stereocenters. The molecule has 2 saturated heterocycles. The van der Waals surface area contributed by atoms with E-state index < -0.39 is 47.0 Å². The molecule has 1 aromatic heterocycles. The van der Waals surface area contributed by atoms with E-state index in [0.717, 1.165) is 9.78 Å². The number of benzene rings is 1. The van der Waals surface area contributed by atoms with Gasteiger partial charge >= 0.3 is 5.97 Å². The van der Waals surface area contributed by atoms with Gasteiger partial charge in [-0.3, -0.25) is 19.7 Å². The van der Waals surface area contributed by atoms with Crippen LogP contribution in [0.2, 0.25) is 0 Å². The Hall–Kier alpha value is -2.58. The van der Waals surface area contributed by atoms with Gasteiger partial charge in [-0.1, -0.05) is 6.07 Å². The summed E-state index contributed by atoms with van der Waals surface area (Å²) in [6.45, 7) is 1.59. The number of imide groups is 1. The highest BCUT2D eigenvalue weighted by Gasteiger charge is 2.67. The first-order valence-electron chi connectivity index (χ1n) is 8.41. The van der Waals surface area contributed by atoms with E-state index in [0.29, 0.717) is 0 Å². The molecule has 6 nitrogen and oxygen atoms in total. The zero-order valence-corrected chi connectivity index (χ0v) is 15.5. The zero-order chi connectivity index (χ0) is 19.3. The van der Waals surface area contributed by atoms with Gasteiger partial charge in [0.15, 0.2) is 0 Å². The summed E-state index contributed by atoms with van der Waals surface area (Å²) in [5.41, 5.74) is -1.05. The highest BCUT2D eigenvalue weighted by molar-refractivity contribution is 7.10. The third-order valence-corrected chi connectivity index (χ3v) is 6.29. The molecule has 2 aliphatic heterocycles. The first-order valence-corrected chi connectivity index (χ1v) is 9.29. The molecule has 1 N–H and O–H groups in total. The van der Waals surface area contributed by atoms with Gasteiger partial charge in [0, 0.05) is 4.88 Å². The maximum absolute atomic E-state index is 13.3. The summed E-state index contributed by atoms with van der Waals surface area (Å²) < 4.78 is 18.2. The Morgan fingerprint density at radius 3 is 2.52 bits per heavy atom. The van der Waals surface area contributed by atoms with Gasteiger partial charge in [-0.15, -0.1) is 11.3 Å². The van der Waals surface area contributed by atoms with Crippen molar-refractivity contribution in [2.45, 2.75) is 18.5 Å². The quantitative estimate of drug-likeness (QED) is 0.645. The van der Waals surface area contributed by atoms with Crippen molar-refractivity contribution in [1.29, 1.82) is 0 Å². The number of thiophene rings is 1. The fourth-order valence-corrected chi connectivity index (χ4v) is 4.92. The van der Waals surface area contributed by atoms with Gasteiger partial charge in [0.25, 0.3) is 0 Å². The van der Waals surface area contributed by atoms with E-state index in [2.05, 4.69) is 5.32 Å². The molecule has 0 unspecified atom stereocenters. The van der Waals surface area contributed by atoms with Gasteiger partial charge in [0.2, 0.25) is 11.8 Å². The number of rotatable bonds is 3. The Kier molecular flexibility index (Phi) is 4.12. The second-order valence-electron chi connectivity index (χ2n) is 6.82. The third kappa shape index (κ3) is 2.51. The fourth-order valence-electron chi connectivity index (χ4n) is 4.10. The summed E-state index contributed by atoms with van der Waals surface area (Å²) in [5.74, 6) is -3.61. The van der Waals surface area contributed by atoms with E-state index in [1.807, 2.05) is 17.5 Å². The van der Waals surface area contributed by atoms with Crippen LogP contribution in [0.3, 0.4) is 0 Å². The highest BCUT2D eigenvalue weighted by Crippen LogP contribution is 2.50. The number of carbonyl (C=O) groups excluding carboxylic acids is 3. The second-order valence-corrected chi connectivity index (χ2v) is 7.80. The van der Waals surface area contributed by atoms with Crippen LogP contribution >= 0.6 is 11.3 Å². The molecule has 2 amide bonds. The third-order valence-electron chi connectivity index (χ3n) is 5.33. The Morgan fingerprint density at radius 1 is 1.22 bits per heavy atom. The lowest BCUT2D eigenvalue weighted by Gasteiger charge is -2.28. The molecule has 0 bridgehead atoms. The summed E-state index contributed by atoms with van der Waals surface area (Å²) in [6.07, 6.45) is 0. The van der Waals surface area contributed by atoms with Crippen LogP contribution in [0.25, 0.3) is 0 Å². The molecule has 0 radical (unpaired) electrons. The molecule has 2 aliphatic rings. The molecule has 1 aromatic carbocycles. The highest BCUT2D eigenvalue weighted by atomic mass is 32.1. The fraction of sp³-hybridized carbons (Fsp3) is 0.316. The van der Waals surface area contributed by atoms with Crippen molar-refractivity contribution in [2.24, 2.45) is 11.8 Å². The Morgan fingerprint density at radius 2 is 1.93 bits per heavy atom. The monoisotopic (exact) mass is 388 g/mol. The predicted molar refractivity (Wildman–Crippen MR) is 96.5 cm³/mol. The van der Waals surface area contributed by atoms with Crippen molar-refractivity contribution in [2.75, 3.05) is 12.0 Å². The minimum absolute atomic E-state index is 0.290. The summed E-state index contributed by atoms with van der Waals surface area (Å²) in [5, 5.41) is 5.05. The maximum atomic E-state index is 13.3. The SMILES string of the molecule is COC(=O)[C@]1(C)N[C@H](c2cccs2)[C@H]2C(=O)N(c3ccc(F)cc3)C(=O)[C@H]21. The maximum Gasteiger partial charge on any atom is 0.326 e. The van der Waals surface area contributed by atoms with E-state index in [1.165, 1.54) is 42.7 Å². The summed E-state index contributed by atoms with van der Waals surface area (Å²) in [7, 11) is 1.25. The number of fused-ring (bicyclic) bond motifs is 1. The largest absolute Gasteiger partial charge is 0.468 e. The molecule has 3 heterocycles. The molecular weight excluding hydrogens is 371 g/mol. The minimum Gasteiger partial charge on any atom is -0.468 e. The van der Waals surface area contributed by atoms with E-state index in [-0.39, 0.29) is 5.69 Å². The normalized spacial score (nSPS) is 29.9. The number of carbonyl (C=O) groups is 3. The van der Waals surface area contributed by atoms with Crippen LogP contribution in [0.1, 0.15) is 17.8 Å². The molecule has 140 valence electrons. The molecule has 0 saturated carbocycles. The molecule has 4 rings (SSSR count). The van der Waals surface area contributed by atoms with Crippen molar-refractivity contribution < 1.29 is 23.5 Å². The standard InChI is InChI=1S/C19H17FN2O4S/c1-19(18(25)26-2)14-13(15(21-19)12-4-3-9-27-12)16(23)22(17(14)24)11-7-5-10(20)6-8-11/h3-9,13-15,21H,1-2H3/t13-,14-,15+,19+/m0/s1. The Labute approximate surface area is 158 Å². The van der Waals surface area contributed by atoms with Crippen molar-refractivity contribution >= 4 is 34.8 Å². The smallest absolute Gasteiger partial charge is 0.326 e. The molecule has 27 heavy (non-hydrogen) atoms. The average molecular weight is 388 g/mol. The number of amides is 2. The van der Waals surface area contributed by atoms with Crippen LogP contribution in [0.4, 0.5) is 10.1 Å². The van der Waals surface area contributed by atoms with Gasteiger partial charge in [0.1, 0.15) is 11.4 Å². The lowest BCUT2D eigenvalue weighted by molar-refractivity contribution is -0.151. The molecular formula is C19H17FN2O4S. The first-order chi connectivity index (χ1) is 12.9. The Bertz CT molecular complexity index is 914. The van der Waals surface area contributed by atoms with Gasteiger partial charge in [-0.25, -0.2) is 9.29 Å². The van der Waals surface area contributed by atoms with Crippen LogP contribution in [-0.2, 0) is 19.1 Å². The van der Waals surface area contributed by atoms with Crippen molar-refractivity contribution in [1.82, 2.24) is 5.32 Å². The second kappa shape index (κ2) is 6.24. The van der Waals surface area contributed by atoms with E-state index >= 15 is 0 Å². The molecule has 0 spiro atoms. The van der Waals surface area contributed by atoms with Crippen molar-refractivity contribution in [3.63, 3.8) is 0 Å². The lowest BCUT2D eigenvalue weighted by atomic mass is 9.81. The van der Waals surface area contributed by atoms with Crippen LogP contribution < -0.4 is 10.2 Å². The number of anilines is 1. The van der Waals surface area contributed by atoms with Gasteiger partial charge < -0.3 is 4.74 Å². The first kappa shape index (κ1) is 17.8. The van der Waals surface area contributed by atoms with Crippen LogP contribution in [0.15, 0.2) is 41.8 Å². The number of nitrogens with one attached hydrogen (secondary N) is 1. The lowest BCUT2D eigenvalue weighted by Crippen LogP contribution is -2.54. The number of esters is 1. The van der Waals surface area contributed by atoms with Crippen LogP contribution in [-0.4, -0.2) is 30.4 Å². The minimum atomic E-state index is -1.34. The predicted octanol–water partition coefficient (Wildman–Crippen LogP) is 2.27. The summed E-state index contributed by atoms with van der Waals surface area (Å²) in [4.78, 5) is 40.8. The number of hydrogen-bond donors (Lipinski definition) is 1. The molecule has 2 aromatic rings. The Balaban J connectivity index is 1.81. The van der Waals surface area contributed by atoms with Crippen LogP contribution in [0.5, 0.6) is 0 Å². The van der Waals surface area contributed by atoms with Crippen molar-refractivity contribution in [3.05, 3.63) is 52.5 Å². The summed E-state index contributed by atoms with van der Waals surface area (Å²) >= 11 is 1.45. The van der Waals surface area contributed by atoms with Crippen LogP contribution in [0, 0.1) is 17.7 Å². The number of ether oxygens (including phenoxy) is 1. The summed E-state index contributed by atoms with van der Waals surface area (Å²) in [6, 6.07) is 8.38. The molecule has 2 fully saturated rings. The number of methoxy groups -OCH3 is 1. The average Bonchev–Trinajstić information content (AvgIpc) is 3.34. The van der Waals surface area contributed by atoms with E-state index in [4.69, 9.17) is 4.74 Å². The number of nitrogens with zero attached hydrogens (tertiary/aromatic N) is 1. The van der Waals surface area contributed by atoms with E-state index in [1.54, 1.807) is 6.92 Å². The zero-order valence-electron chi connectivity index (χ0n) is 14.6. The van der Waals surface area contributed by atoms with Gasteiger partial charge in [-0.2, -0.15) is 0 Å². The van der Waals surface area contributed by atoms with Gasteiger partial charge in [0.05, 0.1) is 30.7 Å². The molecule has 0 aliphatic carbocycles.